The molecule has 1 aromatic carbocycles. The van der Waals surface area contributed by atoms with Crippen LogP contribution < -0.4 is 10.5 Å². The molecule has 0 atom stereocenters. The van der Waals surface area contributed by atoms with Gasteiger partial charge in [0.1, 0.15) is 0 Å². The van der Waals surface area contributed by atoms with E-state index in [0.717, 1.165) is 6.42 Å². The SMILES string of the molecule is CCCNC(=O)c1ccc(COC)c(S(N)(=O)=O)c1. The highest BCUT2D eigenvalue weighted by Crippen LogP contribution is 2.17. The summed E-state index contributed by atoms with van der Waals surface area (Å²) in [6.07, 6.45) is 0.801. The van der Waals surface area contributed by atoms with E-state index >= 15 is 0 Å². The fourth-order valence-corrected chi connectivity index (χ4v) is 2.36. The summed E-state index contributed by atoms with van der Waals surface area (Å²) in [7, 11) is -2.44. The van der Waals surface area contributed by atoms with Gasteiger partial charge in [0.05, 0.1) is 11.5 Å². The molecule has 0 heterocycles. The van der Waals surface area contributed by atoms with Gasteiger partial charge in [-0.1, -0.05) is 13.0 Å². The van der Waals surface area contributed by atoms with Crippen molar-refractivity contribution in [3.8, 4) is 0 Å². The minimum absolute atomic E-state index is 0.0847. The average Bonchev–Trinajstić information content (AvgIpc) is 2.35. The lowest BCUT2D eigenvalue weighted by molar-refractivity contribution is 0.0953. The number of hydrogen-bond donors (Lipinski definition) is 2. The van der Waals surface area contributed by atoms with Crippen LogP contribution in [0, 0.1) is 0 Å². The Morgan fingerprint density at radius 1 is 1.42 bits per heavy atom. The first-order valence-electron chi connectivity index (χ1n) is 5.83. The maximum absolute atomic E-state index is 11.8. The van der Waals surface area contributed by atoms with E-state index in [2.05, 4.69) is 5.32 Å². The van der Waals surface area contributed by atoms with Crippen LogP contribution in [-0.2, 0) is 21.4 Å². The maximum Gasteiger partial charge on any atom is 0.251 e. The van der Waals surface area contributed by atoms with Gasteiger partial charge in [-0.25, -0.2) is 13.6 Å². The Morgan fingerprint density at radius 3 is 2.63 bits per heavy atom. The maximum atomic E-state index is 11.8. The zero-order chi connectivity index (χ0) is 14.5. The van der Waals surface area contributed by atoms with Gasteiger partial charge in [-0.3, -0.25) is 4.79 Å². The second-order valence-electron chi connectivity index (χ2n) is 4.06. The van der Waals surface area contributed by atoms with Crippen molar-refractivity contribution < 1.29 is 17.9 Å². The van der Waals surface area contributed by atoms with E-state index in [1.165, 1.54) is 19.2 Å². The Hall–Kier alpha value is -1.44. The van der Waals surface area contributed by atoms with Gasteiger partial charge >= 0.3 is 0 Å². The minimum Gasteiger partial charge on any atom is -0.380 e. The summed E-state index contributed by atoms with van der Waals surface area (Å²) in [5.74, 6) is -0.323. The minimum atomic E-state index is -3.89. The van der Waals surface area contributed by atoms with Crippen LogP contribution in [0.5, 0.6) is 0 Å². The van der Waals surface area contributed by atoms with Crippen molar-refractivity contribution in [3.63, 3.8) is 0 Å². The molecular formula is C12H18N2O4S. The number of primary sulfonamides is 1. The molecule has 0 aliphatic carbocycles. The van der Waals surface area contributed by atoms with Crippen molar-refractivity contribution in [2.24, 2.45) is 5.14 Å². The molecule has 6 nitrogen and oxygen atoms in total. The highest BCUT2D eigenvalue weighted by molar-refractivity contribution is 7.89. The standard InChI is InChI=1S/C12H18N2O4S/c1-3-6-14-12(15)9-4-5-10(8-18-2)11(7-9)19(13,16)17/h4-5,7H,3,6,8H2,1-2H3,(H,14,15)(H2,13,16,17). The molecule has 0 aromatic heterocycles. The molecule has 0 unspecified atom stereocenters. The van der Waals surface area contributed by atoms with Gasteiger partial charge in [0.2, 0.25) is 10.0 Å². The quantitative estimate of drug-likeness (QED) is 0.801. The number of methoxy groups -OCH3 is 1. The first-order chi connectivity index (χ1) is 8.90. The molecule has 7 heteroatoms. The van der Waals surface area contributed by atoms with Crippen molar-refractivity contribution >= 4 is 15.9 Å². The van der Waals surface area contributed by atoms with Crippen LogP contribution in [0.4, 0.5) is 0 Å². The van der Waals surface area contributed by atoms with E-state index in [1.54, 1.807) is 6.07 Å². The van der Waals surface area contributed by atoms with Gasteiger partial charge in [-0.15, -0.1) is 0 Å². The predicted molar refractivity (Wildman–Crippen MR) is 71.2 cm³/mol. The Bertz CT molecular complexity index is 555. The number of benzene rings is 1. The number of ether oxygens (including phenoxy) is 1. The van der Waals surface area contributed by atoms with E-state index in [9.17, 15) is 13.2 Å². The molecule has 19 heavy (non-hydrogen) atoms. The Labute approximate surface area is 113 Å². The topological polar surface area (TPSA) is 98.5 Å². The van der Waals surface area contributed by atoms with E-state index in [4.69, 9.17) is 9.88 Å². The lowest BCUT2D eigenvalue weighted by Crippen LogP contribution is -2.25. The van der Waals surface area contributed by atoms with Crippen LogP contribution in [0.15, 0.2) is 23.1 Å². The summed E-state index contributed by atoms with van der Waals surface area (Å²) in [6.45, 7) is 2.57. The molecule has 1 aromatic rings. The summed E-state index contributed by atoms with van der Waals surface area (Å²) in [4.78, 5) is 11.7. The largest absolute Gasteiger partial charge is 0.380 e. The third kappa shape index (κ3) is 4.30. The normalized spacial score (nSPS) is 11.3. The zero-order valence-electron chi connectivity index (χ0n) is 11.0. The molecule has 0 radical (unpaired) electrons. The number of amides is 1. The van der Waals surface area contributed by atoms with Crippen LogP contribution in [0.1, 0.15) is 29.3 Å². The van der Waals surface area contributed by atoms with Crippen LogP contribution in [0.3, 0.4) is 0 Å². The molecular weight excluding hydrogens is 268 g/mol. The van der Waals surface area contributed by atoms with Gasteiger partial charge in [0.25, 0.3) is 5.91 Å². The Kier molecular flexibility index (Phi) is 5.46. The van der Waals surface area contributed by atoms with E-state index in [1.807, 2.05) is 6.92 Å². The fourth-order valence-electron chi connectivity index (χ4n) is 1.58. The number of sulfonamides is 1. The van der Waals surface area contributed by atoms with Crippen LogP contribution >= 0.6 is 0 Å². The Balaban J connectivity index is 3.15. The van der Waals surface area contributed by atoms with Gasteiger partial charge in [-0.05, 0) is 24.1 Å². The van der Waals surface area contributed by atoms with Gasteiger partial charge < -0.3 is 10.1 Å². The van der Waals surface area contributed by atoms with Crippen molar-refractivity contribution in [1.82, 2.24) is 5.32 Å². The van der Waals surface area contributed by atoms with Gasteiger partial charge in [0.15, 0.2) is 0 Å². The summed E-state index contributed by atoms with van der Waals surface area (Å²) in [6, 6.07) is 4.35. The number of carbonyl (C=O) groups is 1. The van der Waals surface area contributed by atoms with Crippen LogP contribution in [0.25, 0.3) is 0 Å². The van der Waals surface area contributed by atoms with E-state index in [0.29, 0.717) is 12.1 Å². The van der Waals surface area contributed by atoms with E-state index < -0.39 is 10.0 Å². The lowest BCUT2D eigenvalue weighted by Gasteiger charge is -2.10. The number of rotatable bonds is 6. The summed E-state index contributed by atoms with van der Waals surface area (Å²) < 4.78 is 27.9. The third-order valence-electron chi connectivity index (χ3n) is 2.47. The molecule has 0 saturated heterocycles. The van der Waals surface area contributed by atoms with Crippen molar-refractivity contribution in [2.45, 2.75) is 24.8 Å². The van der Waals surface area contributed by atoms with Crippen LogP contribution in [-0.4, -0.2) is 28.0 Å². The molecule has 0 bridgehead atoms. The van der Waals surface area contributed by atoms with Crippen molar-refractivity contribution in [1.29, 1.82) is 0 Å². The second-order valence-corrected chi connectivity index (χ2v) is 5.59. The lowest BCUT2D eigenvalue weighted by atomic mass is 10.1. The van der Waals surface area contributed by atoms with Crippen molar-refractivity contribution in [2.75, 3.05) is 13.7 Å². The van der Waals surface area contributed by atoms with Gasteiger partial charge in [-0.2, -0.15) is 0 Å². The number of nitrogens with one attached hydrogen (secondary N) is 1. The fraction of sp³-hybridized carbons (Fsp3) is 0.417. The molecule has 106 valence electrons. The summed E-state index contributed by atoms with van der Waals surface area (Å²) in [5, 5.41) is 7.81. The number of nitrogens with two attached hydrogens (primary N) is 1. The molecule has 0 fully saturated rings. The molecule has 3 N–H and O–H groups in total. The molecule has 0 saturated carbocycles. The summed E-state index contributed by atoms with van der Waals surface area (Å²) in [5.41, 5.74) is 0.689. The van der Waals surface area contributed by atoms with E-state index in [-0.39, 0.29) is 23.0 Å². The van der Waals surface area contributed by atoms with Crippen LogP contribution in [0.2, 0.25) is 0 Å². The Morgan fingerprint density at radius 2 is 2.11 bits per heavy atom. The highest BCUT2D eigenvalue weighted by atomic mass is 32.2. The first-order valence-corrected chi connectivity index (χ1v) is 7.37. The number of carbonyl (C=O) groups excluding carboxylic acids is 1. The zero-order valence-corrected chi connectivity index (χ0v) is 11.8. The molecule has 0 aliphatic rings. The smallest absolute Gasteiger partial charge is 0.251 e. The molecule has 1 rings (SSSR count). The van der Waals surface area contributed by atoms with Crippen molar-refractivity contribution in [3.05, 3.63) is 29.3 Å². The third-order valence-corrected chi connectivity index (χ3v) is 3.46. The molecule has 0 spiro atoms. The first kappa shape index (κ1) is 15.6. The average molecular weight is 286 g/mol. The predicted octanol–water partition coefficient (Wildman–Crippen LogP) is 0.620. The van der Waals surface area contributed by atoms with Gasteiger partial charge in [0, 0.05) is 19.2 Å². The molecule has 1 amide bonds. The summed E-state index contributed by atoms with van der Waals surface area (Å²) >= 11 is 0. The second kappa shape index (κ2) is 6.65. The monoisotopic (exact) mass is 286 g/mol. The molecule has 0 aliphatic heterocycles. The highest BCUT2D eigenvalue weighted by Gasteiger charge is 2.17. The number of hydrogen-bond acceptors (Lipinski definition) is 4.